The topological polar surface area (TPSA) is 85.0 Å². The van der Waals surface area contributed by atoms with Crippen LogP contribution < -0.4 is 21.3 Å². The quantitative estimate of drug-likeness (QED) is 0.545. The fraction of sp³-hybridized carbons (Fsp3) is 0.320. The van der Waals surface area contributed by atoms with Crippen molar-refractivity contribution in [1.29, 1.82) is 0 Å². The minimum atomic E-state index is -4.43. The summed E-state index contributed by atoms with van der Waals surface area (Å²) in [6, 6.07) is 8.10. The molecule has 3 aromatic rings. The van der Waals surface area contributed by atoms with E-state index >= 15 is 0 Å². The second-order valence-corrected chi connectivity index (χ2v) is 9.27. The summed E-state index contributed by atoms with van der Waals surface area (Å²) in [4.78, 5) is 16.6. The van der Waals surface area contributed by atoms with Gasteiger partial charge in [-0.2, -0.15) is 13.2 Å². The maximum atomic E-state index is 13.4. The molecule has 2 aromatic heterocycles. The molecule has 4 rings (SSSR count). The van der Waals surface area contributed by atoms with Crippen molar-refractivity contribution in [2.24, 2.45) is 0 Å². The summed E-state index contributed by atoms with van der Waals surface area (Å²) < 4.78 is 47.1. The van der Waals surface area contributed by atoms with E-state index in [1.165, 1.54) is 12.4 Å². The number of aromatic nitrogens is 3. The van der Waals surface area contributed by atoms with Gasteiger partial charge in [0.2, 0.25) is 0 Å². The van der Waals surface area contributed by atoms with E-state index < -0.39 is 17.8 Å². The lowest BCUT2D eigenvalue weighted by Crippen LogP contribution is -2.30. The molecule has 0 atom stereocenters. The molecule has 2 heterocycles. The third-order valence-corrected chi connectivity index (χ3v) is 5.46. The maximum absolute atomic E-state index is 13.4. The minimum Gasteiger partial charge on any atom is -0.359 e. The Bertz CT molecular complexity index is 1360. The second-order valence-electron chi connectivity index (χ2n) is 9.27. The molecule has 0 unspecified atom stereocenters. The van der Waals surface area contributed by atoms with Crippen LogP contribution in [0.15, 0.2) is 52.8 Å². The van der Waals surface area contributed by atoms with E-state index in [0.29, 0.717) is 47.6 Å². The van der Waals surface area contributed by atoms with Crippen molar-refractivity contribution in [3.05, 3.63) is 64.8 Å². The van der Waals surface area contributed by atoms with E-state index in [4.69, 9.17) is 4.52 Å². The van der Waals surface area contributed by atoms with Gasteiger partial charge in [-0.15, -0.1) is 0 Å². The lowest BCUT2D eigenvalue weighted by molar-refractivity contribution is -0.0868. The van der Waals surface area contributed by atoms with Crippen LogP contribution in [0.4, 0.5) is 29.5 Å². The van der Waals surface area contributed by atoms with Crippen molar-refractivity contribution in [3.8, 4) is 5.69 Å². The second kappa shape index (κ2) is 9.44. The number of allylic oxidation sites excluding steroid dienone is 2. The first kappa shape index (κ1) is 24.3. The maximum Gasteiger partial charge on any atom is 0.416 e. The number of fused-ring (bicyclic) bond motifs is 1. The van der Waals surface area contributed by atoms with E-state index in [9.17, 15) is 18.0 Å². The van der Waals surface area contributed by atoms with Gasteiger partial charge in [-0.3, -0.25) is 9.88 Å². The number of rotatable bonds is 3. The van der Waals surface area contributed by atoms with Crippen molar-refractivity contribution in [3.63, 3.8) is 0 Å². The summed E-state index contributed by atoms with van der Waals surface area (Å²) in [5, 5.41) is 10.1. The van der Waals surface area contributed by atoms with Crippen LogP contribution in [0.25, 0.3) is 17.8 Å². The van der Waals surface area contributed by atoms with Gasteiger partial charge in [0.05, 0.1) is 16.3 Å². The third-order valence-electron chi connectivity index (χ3n) is 5.46. The van der Waals surface area contributed by atoms with Gasteiger partial charge < -0.3 is 9.84 Å². The zero-order chi connectivity index (χ0) is 25.2. The highest BCUT2D eigenvalue weighted by molar-refractivity contribution is 5.99. The molecule has 0 saturated heterocycles. The molecular formula is C25H26F3N5O2. The van der Waals surface area contributed by atoms with E-state index in [0.717, 1.165) is 6.08 Å². The van der Waals surface area contributed by atoms with Gasteiger partial charge in [0.1, 0.15) is 12.1 Å². The van der Waals surface area contributed by atoms with E-state index in [-0.39, 0.29) is 10.8 Å². The van der Waals surface area contributed by atoms with E-state index in [2.05, 4.69) is 20.8 Å². The van der Waals surface area contributed by atoms with Crippen LogP contribution in [0.5, 0.6) is 0 Å². The Hall–Kier alpha value is -3.82. The number of imidazole rings is 1. The smallest absolute Gasteiger partial charge is 0.359 e. The number of urea groups is 1. The van der Waals surface area contributed by atoms with Crippen LogP contribution in [0.1, 0.15) is 45.8 Å². The number of hydrogen-bond acceptors (Lipinski definition) is 4. The van der Waals surface area contributed by atoms with Crippen LogP contribution in [0.3, 0.4) is 0 Å². The predicted molar refractivity (Wildman–Crippen MR) is 128 cm³/mol. The molecule has 0 fully saturated rings. The predicted octanol–water partition coefficient (Wildman–Crippen LogP) is 5.04. The molecule has 0 bridgehead atoms. The molecule has 184 valence electrons. The lowest BCUT2D eigenvalue weighted by Gasteiger charge is -2.12. The van der Waals surface area contributed by atoms with Gasteiger partial charge in [0, 0.05) is 22.9 Å². The lowest BCUT2D eigenvalue weighted by atomic mass is 9.93. The monoisotopic (exact) mass is 485 g/mol. The highest BCUT2D eigenvalue weighted by Crippen LogP contribution is 2.27. The number of carbonyl (C=O) groups is 1. The summed E-state index contributed by atoms with van der Waals surface area (Å²) >= 11 is 0. The Labute approximate surface area is 200 Å². The Kier molecular flexibility index (Phi) is 6.56. The van der Waals surface area contributed by atoms with Gasteiger partial charge in [-0.1, -0.05) is 38.1 Å². The van der Waals surface area contributed by atoms with Gasteiger partial charge in [0.25, 0.3) is 0 Å². The molecule has 10 heteroatoms. The minimum absolute atomic E-state index is 0.233. The fourth-order valence-corrected chi connectivity index (χ4v) is 3.58. The summed E-state index contributed by atoms with van der Waals surface area (Å²) in [5.74, 6) is 0.950. The largest absolute Gasteiger partial charge is 0.416 e. The third kappa shape index (κ3) is 5.82. The fourth-order valence-electron chi connectivity index (χ4n) is 3.58. The number of hydrogen-bond donors (Lipinski definition) is 2. The molecule has 35 heavy (non-hydrogen) atoms. The average molecular weight is 486 g/mol. The van der Waals surface area contributed by atoms with E-state index in [1.807, 2.05) is 26.8 Å². The molecule has 1 aliphatic rings. The number of nitrogens with one attached hydrogen (secondary N) is 2. The first-order valence-electron chi connectivity index (χ1n) is 11.2. The molecule has 0 radical (unpaired) electrons. The van der Waals surface area contributed by atoms with Crippen molar-refractivity contribution < 1.29 is 22.5 Å². The number of nitrogens with zero attached hydrogens (tertiary/aromatic N) is 3. The Morgan fingerprint density at radius 3 is 2.43 bits per heavy atom. The SMILES string of the molecule is CC(C)(C)c1cc(NC(=O)Nc2ccc(-n3cnc4/c3=C/CCC/C=C(C(F)(F)F)\C=4)cc2)no1. The number of halogens is 3. The van der Waals surface area contributed by atoms with Gasteiger partial charge >= 0.3 is 12.2 Å². The molecule has 2 N–H and O–H groups in total. The van der Waals surface area contributed by atoms with Gasteiger partial charge in [-0.05, 0) is 49.6 Å². The summed E-state index contributed by atoms with van der Waals surface area (Å²) in [7, 11) is 0. The van der Waals surface area contributed by atoms with Gasteiger partial charge in [0.15, 0.2) is 5.82 Å². The van der Waals surface area contributed by atoms with Crippen LogP contribution in [-0.2, 0) is 5.41 Å². The number of anilines is 2. The van der Waals surface area contributed by atoms with Crippen molar-refractivity contribution in [2.45, 2.75) is 51.6 Å². The molecule has 1 aromatic carbocycles. The summed E-state index contributed by atoms with van der Waals surface area (Å²) in [6.07, 6.45) is 2.86. The highest BCUT2D eigenvalue weighted by Gasteiger charge is 2.32. The van der Waals surface area contributed by atoms with Gasteiger partial charge in [-0.25, -0.2) is 9.78 Å². The number of amides is 2. The molecule has 0 spiro atoms. The Balaban J connectivity index is 1.52. The zero-order valence-electron chi connectivity index (χ0n) is 19.6. The normalized spacial score (nSPS) is 17.8. The molecule has 0 aliphatic heterocycles. The Morgan fingerprint density at radius 2 is 1.77 bits per heavy atom. The standard InChI is InChI=1S/C25H26F3N5O2/c1-24(2,3)21-14-22(32-35-21)31-23(34)30-17-9-11-18(12-10-17)33-15-29-19-13-16(25(26,27)28)7-5-4-6-8-20(19)33/h7-15H,4-6H2,1-3H3,(H2,30,31,32,34)/b16-7+,19-13+,20-8-. The first-order valence-corrected chi connectivity index (χ1v) is 11.2. The molecular weight excluding hydrogens is 459 g/mol. The molecule has 7 nitrogen and oxygen atoms in total. The number of benzene rings is 1. The van der Waals surface area contributed by atoms with Crippen LogP contribution in [0, 0.1) is 0 Å². The summed E-state index contributed by atoms with van der Waals surface area (Å²) in [5.41, 5.74) is 0.315. The number of alkyl halides is 3. The molecule has 1 aliphatic carbocycles. The van der Waals surface area contributed by atoms with Crippen LogP contribution >= 0.6 is 0 Å². The molecule has 0 saturated carbocycles. The summed E-state index contributed by atoms with van der Waals surface area (Å²) in [6.45, 7) is 5.93. The number of carbonyl (C=O) groups excluding carboxylic acids is 1. The van der Waals surface area contributed by atoms with Crippen molar-refractivity contribution in [1.82, 2.24) is 14.7 Å². The van der Waals surface area contributed by atoms with E-state index in [1.54, 1.807) is 34.9 Å². The van der Waals surface area contributed by atoms with Crippen LogP contribution in [-0.4, -0.2) is 26.9 Å². The zero-order valence-corrected chi connectivity index (χ0v) is 19.6. The van der Waals surface area contributed by atoms with Crippen molar-refractivity contribution in [2.75, 3.05) is 10.6 Å². The molecule has 2 amide bonds. The highest BCUT2D eigenvalue weighted by atomic mass is 19.4. The van der Waals surface area contributed by atoms with Crippen molar-refractivity contribution >= 4 is 29.7 Å². The Morgan fingerprint density at radius 1 is 1.06 bits per heavy atom. The van der Waals surface area contributed by atoms with Crippen LogP contribution in [0.2, 0.25) is 0 Å². The average Bonchev–Trinajstić information content (AvgIpc) is 3.40. The first-order chi connectivity index (χ1) is 16.5.